The number of nitrogens with one attached hydrogen (secondary N) is 1. The van der Waals surface area contributed by atoms with Crippen LogP contribution in [-0.4, -0.2) is 43.5 Å². The second-order valence-electron chi connectivity index (χ2n) is 6.59. The molecule has 0 saturated heterocycles. The van der Waals surface area contributed by atoms with E-state index >= 15 is 0 Å². The third-order valence-electron chi connectivity index (χ3n) is 4.38. The molecular formula is C21H20N4O7S. The summed E-state index contributed by atoms with van der Waals surface area (Å²) in [6.45, 7) is 2.92. The number of terminal acetylenes is 1. The number of benzene rings is 1. The van der Waals surface area contributed by atoms with Crippen molar-refractivity contribution in [3.8, 4) is 12.3 Å². The number of nitrogens with two attached hydrogens (primary N) is 1. The topological polar surface area (TPSA) is 164 Å². The normalized spacial score (nSPS) is 11.2. The Morgan fingerprint density at radius 1 is 1.18 bits per heavy atom. The number of ether oxygens (including phenoxy) is 2. The molecular weight excluding hydrogens is 452 g/mol. The number of sulfonamides is 1. The van der Waals surface area contributed by atoms with Gasteiger partial charge in [0.05, 0.1) is 29.0 Å². The first kappa shape index (κ1) is 23.7. The molecule has 3 N–H and O–H groups in total. The maximum Gasteiger partial charge on any atom is 0.342 e. The number of nitrogen functional groups attached to an aromatic ring is 1. The van der Waals surface area contributed by atoms with Crippen molar-refractivity contribution in [2.75, 3.05) is 18.9 Å². The zero-order chi connectivity index (χ0) is 24.2. The highest BCUT2D eigenvalue weighted by Gasteiger charge is 2.24. The highest BCUT2D eigenvalue weighted by Crippen LogP contribution is 2.29. The largest absolute Gasteiger partial charge is 0.462 e. The molecule has 0 saturated carbocycles. The predicted octanol–water partition coefficient (Wildman–Crippen LogP) is 1.56. The number of aryl methyl sites for hydroxylation is 1. The lowest BCUT2D eigenvalue weighted by Crippen LogP contribution is -2.23. The molecule has 3 aromatic rings. The number of carbonyl (C=O) groups excluding carboxylic acids is 2. The molecule has 172 valence electrons. The van der Waals surface area contributed by atoms with E-state index in [0.717, 1.165) is 0 Å². The van der Waals surface area contributed by atoms with Crippen LogP contribution >= 0.6 is 0 Å². The zero-order valence-corrected chi connectivity index (χ0v) is 18.6. The fourth-order valence-electron chi connectivity index (χ4n) is 2.90. The van der Waals surface area contributed by atoms with Gasteiger partial charge in [-0.15, -0.1) is 6.42 Å². The highest BCUT2D eigenvalue weighted by atomic mass is 32.2. The maximum absolute atomic E-state index is 12.3. The van der Waals surface area contributed by atoms with Crippen molar-refractivity contribution in [1.29, 1.82) is 0 Å². The number of furan rings is 1. The molecule has 0 fully saturated rings. The molecule has 1 aromatic carbocycles. The molecule has 0 spiro atoms. The van der Waals surface area contributed by atoms with E-state index in [9.17, 15) is 18.0 Å². The summed E-state index contributed by atoms with van der Waals surface area (Å²) in [7, 11) is -3.78. The summed E-state index contributed by atoms with van der Waals surface area (Å²) in [6.07, 6.45) is 5.05. The summed E-state index contributed by atoms with van der Waals surface area (Å²) in [5.74, 6) is 1.12. The Morgan fingerprint density at radius 3 is 2.52 bits per heavy atom. The van der Waals surface area contributed by atoms with Crippen LogP contribution in [0.1, 0.15) is 39.2 Å². The number of carbonyl (C=O) groups is 2. The minimum atomic E-state index is -3.78. The van der Waals surface area contributed by atoms with Gasteiger partial charge in [0.15, 0.2) is 12.4 Å². The Balaban J connectivity index is 1.74. The van der Waals surface area contributed by atoms with Gasteiger partial charge in [-0.1, -0.05) is 5.92 Å². The van der Waals surface area contributed by atoms with E-state index in [0.29, 0.717) is 0 Å². The fraction of sp³-hybridized carbons (Fsp3) is 0.238. The molecule has 2 aromatic heterocycles. The summed E-state index contributed by atoms with van der Waals surface area (Å²) in [5, 5.41) is 0.219. The smallest absolute Gasteiger partial charge is 0.342 e. The lowest BCUT2D eigenvalue weighted by Gasteiger charge is -2.07. The van der Waals surface area contributed by atoms with Gasteiger partial charge >= 0.3 is 11.9 Å². The van der Waals surface area contributed by atoms with Crippen molar-refractivity contribution < 1.29 is 31.9 Å². The van der Waals surface area contributed by atoms with Crippen LogP contribution in [0.15, 0.2) is 33.6 Å². The van der Waals surface area contributed by atoms with Gasteiger partial charge in [-0.2, -0.15) is 9.71 Å². The van der Waals surface area contributed by atoms with Crippen LogP contribution in [0.25, 0.3) is 11.1 Å². The molecule has 12 heteroatoms. The summed E-state index contributed by atoms with van der Waals surface area (Å²) in [5.41, 5.74) is 6.29. The van der Waals surface area contributed by atoms with Crippen LogP contribution in [0, 0.1) is 19.3 Å². The van der Waals surface area contributed by atoms with Crippen molar-refractivity contribution in [1.82, 2.24) is 14.7 Å². The van der Waals surface area contributed by atoms with Crippen LogP contribution in [0.3, 0.4) is 0 Å². The zero-order valence-electron chi connectivity index (χ0n) is 17.7. The monoisotopic (exact) mass is 472 g/mol. The number of anilines is 1. The summed E-state index contributed by atoms with van der Waals surface area (Å²) in [4.78, 5) is 32.7. The van der Waals surface area contributed by atoms with Crippen molar-refractivity contribution >= 4 is 38.9 Å². The van der Waals surface area contributed by atoms with Crippen molar-refractivity contribution in [3.05, 3.63) is 47.0 Å². The minimum absolute atomic E-state index is 0.0278. The van der Waals surface area contributed by atoms with Crippen molar-refractivity contribution in [3.63, 3.8) is 0 Å². The molecule has 0 unspecified atom stereocenters. The van der Waals surface area contributed by atoms with Crippen molar-refractivity contribution in [2.24, 2.45) is 0 Å². The molecule has 33 heavy (non-hydrogen) atoms. The van der Waals surface area contributed by atoms with Gasteiger partial charge in [-0.3, -0.25) is 0 Å². The second-order valence-corrected chi connectivity index (χ2v) is 8.36. The van der Waals surface area contributed by atoms with E-state index in [4.69, 9.17) is 26.0 Å². The Bertz CT molecular complexity index is 1360. The number of rotatable bonds is 8. The van der Waals surface area contributed by atoms with E-state index in [2.05, 4.69) is 20.6 Å². The molecule has 0 aliphatic heterocycles. The van der Waals surface area contributed by atoms with Crippen LogP contribution in [0.2, 0.25) is 0 Å². The van der Waals surface area contributed by atoms with Crippen molar-refractivity contribution in [2.45, 2.75) is 25.3 Å². The molecule has 0 aliphatic rings. The molecule has 0 aliphatic carbocycles. The van der Waals surface area contributed by atoms with Gasteiger partial charge in [0.2, 0.25) is 15.7 Å². The molecule has 0 bridgehead atoms. The first-order valence-corrected chi connectivity index (χ1v) is 11.1. The summed E-state index contributed by atoms with van der Waals surface area (Å²) < 4.78 is 42.0. The molecule has 3 rings (SSSR count). The number of nitrogens with zero attached hydrogens (tertiary/aromatic N) is 2. The fourth-order valence-corrected chi connectivity index (χ4v) is 3.84. The number of aromatic nitrogens is 2. The third-order valence-corrected chi connectivity index (χ3v) is 5.80. The van der Waals surface area contributed by atoms with Gasteiger partial charge < -0.3 is 19.6 Å². The van der Waals surface area contributed by atoms with Gasteiger partial charge in [0, 0.05) is 0 Å². The summed E-state index contributed by atoms with van der Waals surface area (Å²) in [6, 6.07) is 5.09. The molecule has 0 atom stereocenters. The number of fused-ring (bicyclic) bond motifs is 1. The Kier molecular flexibility index (Phi) is 6.95. The molecule has 0 amide bonds. The predicted molar refractivity (Wildman–Crippen MR) is 116 cm³/mol. The SMILES string of the molecule is C#CCNS(=O)(=O)c1ccc(C(=O)OCc2nc(N)c3c(C(=O)OCC)c(C)oc3n2)cc1. The first-order valence-electron chi connectivity index (χ1n) is 9.60. The Morgan fingerprint density at radius 2 is 1.88 bits per heavy atom. The number of esters is 2. The van der Waals surface area contributed by atoms with E-state index in [1.165, 1.54) is 24.3 Å². The lowest BCUT2D eigenvalue weighted by atomic mass is 10.2. The molecule has 2 heterocycles. The minimum Gasteiger partial charge on any atom is -0.462 e. The van der Waals surface area contributed by atoms with E-state index < -0.39 is 22.0 Å². The van der Waals surface area contributed by atoms with E-state index in [1.54, 1.807) is 13.8 Å². The van der Waals surface area contributed by atoms with Gasteiger partial charge in [-0.05, 0) is 38.1 Å². The van der Waals surface area contributed by atoms with Crippen LogP contribution < -0.4 is 10.5 Å². The van der Waals surface area contributed by atoms with E-state index in [-0.39, 0.29) is 64.3 Å². The van der Waals surface area contributed by atoms with Gasteiger partial charge in [0.25, 0.3) is 0 Å². The van der Waals surface area contributed by atoms with E-state index in [1.807, 2.05) is 0 Å². The first-order chi connectivity index (χ1) is 15.7. The highest BCUT2D eigenvalue weighted by molar-refractivity contribution is 7.89. The average molecular weight is 472 g/mol. The number of hydrogen-bond acceptors (Lipinski definition) is 10. The Hall–Kier alpha value is -3.95. The lowest BCUT2D eigenvalue weighted by molar-refractivity contribution is 0.0461. The van der Waals surface area contributed by atoms with Crippen LogP contribution in [0.4, 0.5) is 5.82 Å². The van der Waals surface area contributed by atoms with Crippen LogP contribution in [-0.2, 0) is 26.1 Å². The quantitative estimate of drug-likeness (QED) is 0.363. The molecule has 0 radical (unpaired) electrons. The second kappa shape index (κ2) is 9.68. The average Bonchev–Trinajstić information content (AvgIpc) is 3.12. The third kappa shape index (κ3) is 5.11. The summed E-state index contributed by atoms with van der Waals surface area (Å²) >= 11 is 0. The molecule has 11 nitrogen and oxygen atoms in total. The van der Waals surface area contributed by atoms with Gasteiger partial charge in [0.1, 0.15) is 17.1 Å². The maximum atomic E-state index is 12.3. The standard InChI is InChI=1S/C21H20N4O7S/c1-4-10-23-33(28,29)14-8-6-13(7-9-14)20(26)31-11-15-24-18(22)17-16(21(27)30-5-2)12(3)32-19(17)25-15/h1,6-9,23H,5,10-11H2,2-3H3,(H2,22,24,25). The Labute approximate surface area is 189 Å². The number of hydrogen-bond donors (Lipinski definition) is 2. The van der Waals surface area contributed by atoms with Gasteiger partial charge in [-0.25, -0.2) is 23.0 Å². The van der Waals surface area contributed by atoms with Crippen LogP contribution in [0.5, 0.6) is 0 Å².